The molecule has 8 heteroatoms. The monoisotopic (exact) mass is 321 g/mol. The Bertz CT molecular complexity index is 735. The van der Waals surface area contributed by atoms with Gasteiger partial charge in [-0.1, -0.05) is 11.3 Å². The van der Waals surface area contributed by atoms with Gasteiger partial charge in [0.1, 0.15) is 12.0 Å². The second-order valence-corrected chi connectivity index (χ2v) is 6.28. The van der Waals surface area contributed by atoms with Crippen molar-refractivity contribution in [1.82, 2.24) is 14.5 Å². The minimum absolute atomic E-state index is 0.0279. The average Bonchev–Trinajstić information content (AvgIpc) is 2.70. The molecule has 2 rings (SSSR count). The van der Waals surface area contributed by atoms with E-state index in [1.165, 1.54) is 17.7 Å². The number of aryl methyl sites for hydroxylation is 1. The Labute approximate surface area is 132 Å². The van der Waals surface area contributed by atoms with Gasteiger partial charge < -0.3 is 14.8 Å². The molecular formula is C14H19N5O2S. The van der Waals surface area contributed by atoms with Crippen LogP contribution in [-0.2, 0) is 11.3 Å². The van der Waals surface area contributed by atoms with E-state index in [1.54, 1.807) is 15.7 Å². The summed E-state index contributed by atoms with van der Waals surface area (Å²) >= 11 is 1.21. The van der Waals surface area contributed by atoms with Gasteiger partial charge in [-0.2, -0.15) is 0 Å². The third kappa shape index (κ3) is 3.51. The second kappa shape index (κ2) is 6.69. The van der Waals surface area contributed by atoms with Crippen LogP contribution < -0.4 is 15.1 Å². The summed E-state index contributed by atoms with van der Waals surface area (Å²) < 4.78 is 1.63. The average molecular weight is 321 g/mol. The standard InChI is InChI=1S/C14H19N5O2S/c1-9-10(2)22-14(21)19(9)6-5-12(20)17-11-7-15-8-16-13(11)18(3)4/h7-8H,5-6H2,1-4H3,(H,17,20). The highest BCUT2D eigenvalue weighted by molar-refractivity contribution is 7.09. The first kappa shape index (κ1) is 16.2. The Hall–Kier alpha value is -2.22. The number of nitrogens with zero attached hydrogens (tertiary/aromatic N) is 4. The number of carbonyl (C=O) groups excluding carboxylic acids is 1. The first-order valence-corrected chi connectivity index (χ1v) is 7.65. The predicted octanol–water partition coefficient (Wildman–Crippen LogP) is 1.41. The molecule has 0 aliphatic carbocycles. The van der Waals surface area contributed by atoms with E-state index in [1.807, 2.05) is 27.9 Å². The summed E-state index contributed by atoms with van der Waals surface area (Å²) in [7, 11) is 3.68. The first-order valence-electron chi connectivity index (χ1n) is 6.84. The van der Waals surface area contributed by atoms with Gasteiger partial charge >= 0.3 is 4.87 Å². The van der Waals surface area contributed by atoms with Gasteiger partial charge in [0.2, 0.25) is 5.91 Å². The first-order chi connectivity index (χ1) is 10.4. The molecule has 0 atom stereocenters. The van der Waals surface area contributed by atoms with Gasteiger partial charge in [0.25, 0.3) is 0 Å². The molecule has 1 amide bonds. The molecule has 2 aromatic heterocycles. The van der Waals surface area contributed by atoms with Crippen LogP contribution in [0.3, 0.4) is 0 Å². The van der Waals surface area contributed by atoms with Crippen molar-refractivity contribution in [3.05, 3.63) is 32.8 Å². The van der Waals surface area contributed by atoms with Gasteiger partial charge in [0.05, 0.1) is 6.20 Å². The number of nitrogens with one attached hydrogen (secondary N) is 1. The zero-order chi connectivity index (χ0) is 16.3. The molecule has 2 aromatic rings. The van der Waals surface area contributed by atoms with Gasteiger partial charge in [-0.25, -0.2) is 9.97 Å². The number of hydrogen-bond donors (Lipinski definition) is 1. The van der Waals surface area contributed by atoms with Crippen molar-refractivity contribution < 1.29 is 4.79 Å². The fraction of sp³-hybridized carbons (Fsp3) is 0.429. The number of rotatable bonds is 5. The summed E-state index contributed by atoms with van der Waals surface area (Å²) in [4.78, 5) is 34.7. The Morgan fingerprint density at radius 2 is 2.14 bits per heavy atom. The van der Waals surface area contributed by atoms with Crippen molar-refractivity contribution in [3.8, 4) is 0 Å². The van der Waals surface area contributed by atoms with E-state index in [-0.39, 0.29) is 17.2 Å². The number of carbonyl (C=O) groups is 1. The number of hydrogen-bond acceptors (Lipinski definition) is 6. The van der Waals surface area contributed by atoms with Crippen molar-refractivity contribution in [1.29, 1.82) is 0 Å². The molecule has 0 fully saturated rings. The van der Waals surface area contributed by atoms with Gasteiger partial charge in [-0.3, -0.25) is 9.59 Å². The molecule has 0 bridgehead atoms. The predicted molar refractivity (Wildman–Crippen MR) is 87.7 cm³/mol. The molecule has 0 saturated carbocycles. The molecule has 1 N–H and O–H groups in total. The molecule has 0 aliphatic heterocycles. The van der Waals surface area contributed by atoms with Crippen LogP contribution in [0.15, 0.2) is 17.3 Å². The molecule has 2 heterocycles. The number of amides is 1. The minimum atomic E-state index is -0.173. The number of anilines is 2. The molecule has 0 aromatic carbocycles. The van der Waals surface area contributed by atoms with Crippen molar-refractivity contribution in [2.24, 2.45) is 0 Å². The van der Waals surface area contributed by atoms with Crippen LogP contribution in [0.5, 0.6) is 0 Å². The van der Waals surface area contributed by atoms with Crippen molar-refractivity contribution in [2.45, 2.75) is 26.8 Å². The number of aromatic nitrogens is 3. The quantitative estimate of drug-likeness (QED) is 0.900. The van der Waals surface area contributed by atoms with Crippen LogP contribution in [0, 0.1) is 13.8 Å². The van der Waals surface area contributed by atoms with E-state index in [0.29, 0.717) is 18.1 Å². The largest absolute Gasteiger partial charge is 0.361 e. The maximum absolute atomic E-state index is 12.1. The maximum atomic E-state index is 12.1. The topological polar surface area (TPSA) is 80.1 Å². The normalized spacial score (nSPS) is 10.5. The Morgan fingerprint density at radius 3 is 2.73 bits per heavy atom. The minimum Gasteiger partial charge on any atom is -0.361 e. The molecule has 0 spiro atoms. The zero-order valence-electron chi connectivity index (χ0n) is 13.1. The fourth-order valence-electron chi connectivity index (χ4n) is 2.04. The lowest BCUT2D eigenvalue weighted by molar-refractivity contribution is -0.116. The fourth-order valence-corrected chi connectivity index (χ4v) is 2.90. The van der Waals surface area contributed by atoms with Crippen LogP contribution >= 0.6 is 11.3 Å². The second-order valence-electron chi connectivity index (χ2n) is 5.11. The molecule has 0 unspecified atom stereocenters. The van der Waals surface area contributed by atoms with Crippen LogP contribution in [-0.4, -0.2) is 34.5 Å². The van der Waals surface area contributed by atoms with Gasteiger partial charge in [0.15, 0.2) is 5.82 Å². The molecule has 118 valence electrons. The molecule has 22 heavy (non-hydrogen) atoms. The molecule has 7 nitrogen and oxygen atoms in total. The Kier molecular flexibility index (Phi) is 4.92. The van der Waals surface area contributed by atoms with E-state index < -0.39 is 0 Å². The van der Waals surface area contributed by atoms with Crippen molar-refractivity contribution in [2.75, 3.05) is 24.3 Å². The lowest BCUT2D eigenvalue weighted by atomic mass is 10.3. The summed E-state index contributed by atoms with van der Waals surface area (Å²) in [5.41, 5.74) is 1.47. The number of thiazole rings is 1. The zero-order valence-corrected chi connectivity index (χ0v) is 13.9. The molecule has 0 aliphatic rings. The van der Waals surface area contributed by atoms with Crippen LogP contribution in [0.1, 0.15) is 17.0 Å². The summed E-state index contributed by atoms with van der Waals surface area (Å²) in [6, 6.07) is 0. The van der Waals surface area contributed by atoms with E-state index in [4.69, 9.17) is 0 Å². The summed E-state index contributed by atoms with van der Waals surface area (Å²) in [5.74, 6) is 0.469. The highest BCUT2D eigenvalue weighted by Gasteiger charge is 2.12. The summed E-state index contributed by atoms with van der Waals surface area (Å²) in [6.07, 6.45) is 3.22. The lowest BCUT2D eigenvalue weighted by Crippen LogP contribution is -2.22. The third-order valence-corrected chi connectivity index (χ3v) is 4.32. The lowest BCUT2D eigenvalue weighted by Gasteiger charge is -2.15. The van der Waals surface area contributed by atoms with Crippen molar-refractivity contribution in [3.63, 3.8) is 0 Å². The highest BCUT2D eigenvalue weighted by atomic mass is 32.1. The third-order valence-electron chi connectivity index (χ3n) is 3.33. The van der Waals surface area contributed by atoms with E-state index in [2.05, 4.69) is 15.3 Å². The SMILES string of the molecule is Cc1sc(=O)n(CCC(=O)Nc2cncnc2N(C)C)c1C. The molecule has 0 saturated heterocycles. The van der Waals surface area contributed by atoms with Gasteiger partial charge in [-0.15, -0.1) is 0 Å². The molecule has 0 radical (unpaired) electrons. The molecular weight excluding hydrogens is 302 g/mol. The van der Waals surface area contributed by atoms with Gasteiger partial charge in [-0.05, 0) is 13.8 Å². The van der Waals surface area contributed by atoms with Crippen LogP contribution in [0.4, 0.5) is 11.5 Å². The van der Waals surface area contributed by atoms with E-state index >= 15 is 0 Å². The van der Waals surface area contributed by atoms with E-state index in [0.717, 1.165) is 10.6 Å². The van der Waals surface area contributed by atoms with E-state index in [9.17, 15) is 9.59 Å². The Balaban J connectivity index is 2.04. The van der Waals surface area contributed by atoms with Crippen LogP contribution in [0.25, 0.3) is 0 Å². The Morgan fingerprint density at radius 1 is 1.41 bits per heavy atom. The smallest absolute Gasteiger partial charge is 0.307 e. The van der Waals surface area contributed by atoms with Crippen molar-refractivity contribution >= 4 is 28.7 Å². The van der Waals surface area contributed by atoms with Crippen LogP contribution in [0.2, 0.25) is 0 Å². The van der Waals surface area contributed by atoms with Gasteiger partial charge in [0, 0.05) is 37.6 Å². The maximum Gasteiger partial charge on any atom is 0.307 e. The summed E-state index contributed by atoms with van der Waals surface area (Å²) in [6.45, 7) is 4.16. The summed E-state index contributed by atoms with van der Waals surface area (Å²) in [5, 5.41) is 2.79. The highest BCUT2D eigenvalue weighted by Crippen LogP contribution is 2.19.